The van der Waals surface area contributed by atoms with E-state index < -0.39 is 0 Å². The highest BCUT2D eigenvalue weighted by Crippen LogP contribution is 2.26. The third-order valence-corrected chi connectivity index (χ3v) is 3.19. The highest BCUT2D eigenvalue weighted by atomic mass is 15.2. The van der Waals surface area contributed by atoms with Gasteiger partial charge in [-0.05, 0) is 20.8 Å². The van der Waals surface area contributed by atoms with E-state index in [1.165, 1.54) is 0 Å². The van der Waals surface area contributed by atoms with Gasteiger partial charge in [-0.2, -0.15) is 0 Å². The largest absolute Gasteiger partial charge is 0.370 e. The lowest BCUT2D eigenvalue weighted by Crippen LogP contribution is -2.20. The molecule has 0 unspecified atom stereocenters. The van der Waals surface area contributed by atoms with Gasteiger partial charge in [0.15, 0.2) is 0 Å². The average Bonchev–Trinajstić information content (AvgIpc) is 2.77. The van der Waals surface area contributed by atoms with Crippen LogP contribution in [0.1, 0.15) is 44.9 Å². The fraction of sp³-hybridized carbons (Fsp3) is 0.533. The summed E-state index contributed by atoms with van der Waals surface area (Å²) < 4.78 is 2.01. The third kappa shape index (κ3) is 2.66. The molecular formula is C15H23N5. The monoisotopic (exact) mass is 273 g/mol. The number of rotatable bonds is 3. The van der Waals surface area contributed by atoms with E-state index in [1.807, 2.05) is 24.6 Å². The molecule has 2 aromatic heterocycles. The fourth-order valence-corrected chi connectivity index (χ4v) is 2.02. The molecule has 0 fully saturated rings. The van der Waals surface area contributed by atoms with Crippen LogP contribution >= 0.6 is 0 Å². The molecule has 0 saturated heterocycles. The Labute approximate surface area is 120 Å². The maximum absolute atomic E-state index is 4.76. The third-order valence-electron chi connectivity index (χ3n) is 3.19. The minimum atomic E-state index is -0.0961. The van der Waals surface area contributed by atoms with Crippen molar-refractivity contribution in [2.75, 3.05) is 11.9 Å². The first-order chi connectivity index (χ1) is 9.34. The summed E-state index contributed by atoms with van der Waals surface area (Å²) in [5, 5.41) is 3.33. The normalized spacial score (nSPS) is 11.7. The van der Waals surface area contributed by atoms with Gasteiger partial charge in [-0.15, -0.1) is 0 Å². The van der Waals surface area contributed by atoms with E-state index in [9.17, 15) is 0 Å². The quantitative estimate of drug-likeness (QED) is 0.934. The van der Waals surface area contributed by atoms with Crippen molar-refractivity contribution < 1.29 is 0 Å². The van der Waals surface area contributed by atoms with Gasteiger partial charge in [0.2, 0.25) is 0 Å². The van der Waals surface area contributed by atoms with Gasteiger partial charge in [0.1, 0.15) is 23.3 Å². The van der Waals surface area contributed by atoms with Gasteiger partial charge in [-0.1, -0.05) is 20.8 Å². The molecule has 0 spiro atoms. The van der Waals surface area contributed by atoms with Crippen LogP contribution in [-0.2, 0) is 5.41 Å². The number of hydrogen-bond donors (Lipinski definition) is 1. The number of imidazole rings is 1. The molecular weight excluding hydrogens is 250 g/mol. The van der Waals surface area contributed by atoms with Gasteiger partial charge in [0, 0.05) is 29.9 Å². The maximum atomic E-state index is 4.76. The second kappa shape index (κ2) is 5.23. The Kier molecular flexibility index (Phi) is 3.79. The zero-order valence-corrected chi connectivity index (χ0v) is 13.2. The molecule has 0 bridgehead atoms. The lowest BCUT2D eigenvalue weighted by atomic mass is 9.95. The molecule has 0 aromatic carbocycles. The molecule has 0 saturated carbocycles. The van der Waals surface area contributed by atoms with Gasteiger partial charge >= 0.3 is 0 Å². The first kappa shape index (κ1) is 14.5. The van der Waals surface area contributed by atoms with Crippen molar-refractivity contribution >= 4 is 5.82 Å². The van der Waals surface area contributed by atoms with Crippen LogP contribution in [0.5, 0.6) is 0 Å². The summed E-state index contributed by atoms with van der Waals surface area (Å²) in [5.41, 5.74) is 0.946. The van der Waals surface area contributed by atoms with E-state index >= 15 is 0 Å². The minimum absolute atomic E-state index is 0.0961. The molecule has 2 heterocycles. The van der Waals surface area contributed by atoms with E-state index in [0.717, 1.165) is 35.4 Å². The van der Waals surface area contributed by atoms with Gasteiger partial charge in [0.25, 0.3) is 0 Å². The Bertz CT molecular complexity index is 607. The summed E-state index contributed by atoms with van der Waals surface area (Å²) in [7, 11) is 0. The maximum Gasteiger partial charge on any atom is 0.146 e. The van der Waals surface area contributed by atoms with Crippen LogP contribution in [-0.4, -0.2) is 26.1 Å². The molecule has 5 heteroatoms. The van der Waals surface area contributed by atoms with Crippen molar-refractivity contribution in [3.8, 4) is 5.82 Å². The smallest absolute Gasteiger partial charge is 0.146 e. The van der Waals surface area contributed by atoms with Crippen molar-refractivity contribution in [1.29, 1.82) is 0 Å². The molecule has 0 radical (unpaired) electrons. The van der Waals surface area contributed by atoms with E-state index in [-0.39, 0.29) is 5.41 Å². The Morgan fingerprint density at radius 2 is 1.90 bits per heavy atom. The van der Waals surface area contributed by atoms with Crippen molar-refractivity contribution in [3.63, 3.8) is 0 Å². The summed E-state index contributed by atoms with van der Waals surface area (Å²) in [6.07, 6.45) is 3.73. The molecule has 5 nitrogen and oxygen atoms in total. The van der Waals surface area contributed by atoms with Crippen LogP contribution in [0.4, 0.5) is 5.82 Å². The summed E-state index contributed by atoms with van der Waals surface area (Å²) in [6.45, 7) is 13.3. The predicted octanol–water partition coefficient (Wildman–Crippen LogP) is 3.01. The van der Waals surface area contributed by atoms with Crippen molar-refractivity contribution in [1.82, 2.24) is 19.5 Å². The molecule has 0 aliphatic rings. The molecule has 2 aromatic rings. The van der Waals surface area contributed by atoms with Gasteiger partial charge in [0.05, 0.1) is 0 Å². The first-order valence-electron chi connectivity index (χ1n) is 6.98. The molecule has 0 amide bonds. The lowest BCUT2D eigenvalue weighted by molar-refractivity contribution is 0.543. The van der Waals surface area contributed by atoms with Crippen LogP contribution in [0, 0.1) is 13.8 Å². The average molecular weight is 273 g/mol. The second-order valence-corrected chi connectivity index (χ2v) is 5.97. The number of aromatic nitrogens is 4. The number of nitrogens with zero attached hydrogens (tertiary/aromatic N) is 4. The van der Waals surface area contributed by atoms with Gasteiger partial charge in [-0.25, -0.2) is 15.0 Å². The fourth-order valence-electron chi connectivity index (χ4n) is 2.02. The SMILES string of the molecule is CCNc1nc(C(C)(C)C)nc(-n2ccnc2C)c1C. The van der Waals surface area contributed by atoms with Crippen LogP contribution in [0.3, 0.4) is 0 Å². The van der Waals surface area contributed by atoms with Gasteiger partial charge in [-0.3, -0.25) is 4.57 Å². The Morgan fingerprint density at radius 3 is 2.40 bits per heavy atom. The summed E-state index contributed by atoms with van der Waals surface area (Å²) >= 11 is 0. The van der Waals surface area contributed by atoms with Crippen LogP contribution in [0.15, 0.2) is 12.4 Å². The Balaban J connectivity index is 2.67. The first-order valence-corrected chi connectivity index (χ1v) is 6.98. The molecule has 108 valence electrons. The van der Waals surface area contributed by atoms with Crippen molar-refractivity contribution in [3.05, 3.63) is 29.6 Å². The zero-order chi connectivity index (χ0) is 14.9. The summed E-state index contributed by atoms with van der Waals surface area (Å²) in [5.74, 6) is 3.56. The van der Waals surface area contributed by atoms with Crippen molar-refractivity contribution in [2.45, 2.75) is 47.0 Å². The highest BCUT2D eigenvalue weighted by Gasteiger charge is 2.22. The molecule has 2 rings (SSSR count). The number of nitrogens with one attached hydrogen (secondary N) is 1. The Hall–Kier alpha value is -1.91. The highest BCUT2D eigenvalue weighted by molar-refractivity contribution is 5.52. The number of hydrogen-bond acceptors (Lipinski definition) is 4. The molecule has 1 N–H and O–H groups in total. The van der Waals surface area contributed by atoms with E-state index in [2.05, 4.69) is 43.0 Å². The second-order valence-electron chi connectivity index (χ2n) is 5.97. The minimum Gasteiger partial charge on any atom is -0.370 e. The standard InChI is InChI=1S/C15H23N5/c1-7-16-12-10(2)13(20-9-8-17-11(20)3)19-14(18-12)15(4,5)6/h8-9H,7H2,1-6H3,(H,16,18,19). The molecule has 0 aliphatic carbocycles. The summed E-state index contributed by atoms with van der Waals surface area (Å²) in [4.78, 5) is 13.7. The van der Waals surface area contributed by atoms with Crippen LogP contribution in [0.2, 0.25) is 0 Å². The van der Waals surface area contributed by atoms with E-state index in [4.69, 9.17) is 4.98 Å². The van der Waals surface area contributed by atoms with Crippen LogP contribution < -0.4 is 5.32 Å². The zero-order valence-electron chi connectivity index (χ0n) is 13.2. The van der Waals surface area contributed by atoms with Crippen LogP contribution in [0.25, 0.3) is 5.82 Å². The topological polar surface area (TPSA) is 55.6 Å². The predicted molar refractivity (Wildman–Crippen MR) is 81.5 cm³/mol. The van der Waals surface area contributed by atoms with Gasteiger partial charge < -0.3 is 5.32 Å². The summed E-state index contributed by atoms with van der Waals surface area (Å²) in [6, 6.07) is 0. The van der Waals surface area contributed by atoms with E-state index in [0.29, 0.717) is 0 Å². The number of aryl methyl sites for hydroxylation is 1. The molecule has 0 atom stereocenters. The molecule has 0 aliphatic heterocycles. The van der Waals surface area contributed by atoms with E-state index in [1.54, 1.807) is 6.20 Å². The Morgan fingerprint density at radius 1 is 1.20 bits per heavy atom. The van der Waals surface area contributed by atoms with Crippen molar-refractivity contribution in [2.24, 2.45) is 0 Å². The molecule has 20 heavy (non-hydrogen) atoms. The lowest BCUT2D eigenvalue weighted by Gasteiger charge is -2.21. The number of anilines is 1.